The molecule has 3 aromatic rings. The molecule has 1 aromatic heterocycles. The van der Waals surface area contributed by atoms with Crippen LogP contribution in [0.5, 0.6) is 0 Å². The zero-order chi connectivity index (χ0) is 25.8. The lowest BCUT2D eigenvalue weighted by Crippen LogP contribution is -2.38. The van der Waals surface area contributed by atoms with Gasteiger partial charge >= 0.3 is 0 Å². The van der Waals surface area contributed by atoms with E-state index in [1.165, 1.54) is 31.4 Å². The Hall–Kier alpha value is -3.48. The fourth-order valence-electron chi connectivity index (χ4n) is 4.13. The summed E-state index contributed by atoms with van der Waals surface area (Å²) >= 11 is 0. The minimum Gasteiger partial charge on any atom is -0.333 e. The van der Waals surface area contributed by atoms with Gasteiger partial charge in [-0.1, -0.05) is 76.3 Å². The summed E-state index contributed by atoms with van der Waals surface area (Å²) in [6, 6.07) is 17.4. The maximum Gasteiger partial charge on any atom is 0.245 e. The molecule has 2 aromatic carbocycles. The molecule has 192 valence electrons. The van der Waals surface area contributed by atoms with E-state index in [0.717, 1.165) is 31.2 Å². The Morgan fingerprint density at radius 1 is 0.917 bits per heavy atom. The van der Waals surface area contributed by atoms with Crippen LogP contribution >= 0.6 is 0 Å². The van der Waals surface area contributed by atoms with Crippen LogP contribution in [-0.2, 0) is 9.59 Å². The predicted octanol–water partition coefficient (Wildman–Crippen LogP) is 6.61. The second-order valence-corrected chi connectivity index (χ2v) is 9.05. The molecule has 0 saturated heterocycles. The largest absolute Gasteiger partial charge is 0.333 e. The van der Waals surface area contributed by atoms with E-state index >= 15 is 0 Å². The van der Waals surface area contributed by atoms with E-state index in [-0.39, 0.29) is 24.2 Å². The van der Waals surface area contributed by atoms with Gasteiger partial charge < -0.3 is 10.2 Å². The van der Waals surface area contributed by atoms with Crippen LogP contribution in [0.1, 0.15) is 65.2 Å². The van der Waals surface area contributed by atoms with Crippen LogP contribution < -0.4 is 5.32 Å². The fraction of sp³-hybridized carbons (Fsp3) is 0.414. The van der Waals surface area contributed by atoms with E-state index in [1.54, 1.807) is 27.8 Å². The molecule has 0 aliphatic rings. The second-order valence-electron chi connectivity index (χ2n) is 9.05. The van der Waals surface area contributed by atoms with Crippen molar-refractivity contribution >= 4 is 17.6 Å². The zero-order valence-corrected chi connectivity index (χ0v) is 21.4. The number of carbonyl (C=O) groups excluding carboxylic acids is 2. The summed E-state index contributed by atoms with van der Waals surface area (Å²) in [7, 11) is 0. The third kappa shape index (κ3) is 8.04. The number of rotatable bonds is 14. The van der Waals surface area contributed by atoms with E-state index in [1.807, 2.05) is 37.3 Å². The number of unbranched alkanes of at least 4 members (excludes halogenated alkanes) is 5. The Labute approximate surface area is 213 Å². The summed E-state index contributed by atoms with van der Waals surface area (Å²) in [5.41, 5.74) is 2.20. The lowest BCUT2D eigenvalue weighted by Gasteiger charge is -2.22. The predicted molar refractivity (Wildman–Crippen MR) is 142 cm³/mol. The van der Waals surface area contributed by atoms with Gasteiger partial charge in [0.15, 0.2) is 0 Å². The highest BCUT2D eigenvalue weighted by molar-refractivity contribution is 5.94. The van der Waals surface area contributed by atoms with Gasteiger partial charge in [0.2, 0.25) is 11.8 Å². The van der Waals surface area contributed by atoms with Gasteiger partial charge in [0.25, 0.3) is 0 Å². The molecule has 0 radical (unpaired) electrons. The highest BCUT2D eigenvalue weighted by Crippen LogP contribution is 2.25. The van der Waals surface area contributed by atoms with Crippen molar-refractivity contribution in [1.29, 1.82) is 0 Å². The Balaban J connectivity index is 1.70. The first-order valence-corrected chi connectivity index (χ1v) is 13.0. The fourth-order valence-corrected chi connectivity index (χ4v) is 4.13. The molecule has 0 spiro atoms. The van der Waals surface area contributed by atoms with E-state index in [2.05, 4.69) is 17.3 Å². The van der Waals surface area contributed by atoms with Gasteiger partial charge in [-0.15, -0.1) is 0 Å². The Bertz CT molecular complexity index is 1100. The third-order valence-corrected chi connectivity index (χ3v) is 6.04. The Morgan fingerprint density at radius 2 is 1.61 bits per heavy atom. The average molecular weight is 493 g/mol. The smallest absolute Gasteiger partial charge is 0.245 e. The minimum atomic E-state index is -0.348. The number of halogens is 1. The molecule has 2 amide bonds. The maximum absolute atomic E-state index is 13.5. The minimum absolute atomic E-state index is 0.0134. The van der Waals surface area contributed by atoms with Gasteiger partial charge in [0.05, 0.1) is 17.9 Å². The van der Waals surface area contributed by atoms with Crippen LogP contribution in [0.4, 0.5) is 10.2 Å². The topological polar surface area (TPSA) is 67.2 Å². The van der Waals surface area contributed by atoms with Crippen LogP contribution in [0.3, 0.4) is 0 Å². The Morgan fingerprint density at radius 3 is 2.31 bits per heavy atom. The molecule has 6 nitrogen and oxygen atoms in total. The number of hydrogen-bond donors (Lipinski definition) is 1. The number of carbonyl (C=O) groups is 2. The summed E-state index contributed by atoms with van der Waals surface area (Å²) in [6.45, 7) is 4.71. The molecular weight excluding hydrogens is 455 g/mol. The molecule has 1 heterocycles. The number of benzene rings is 2. The second kappa shape index (κ2) is 14.2. The molecule has 0 bridgehead atoms. The van der Waals surface area contributed by atoms with Crippen molar-refractivity contribution < 1.29 is 14.0 Å². The molecule has 7 heteroatoms. The quantitative estimate of drug-likeness (QED) is 0.258. The molecule has 0 saturated carbocycles. The summed E-state index contributed by atoms with van der Waals surface area (Å²) in [4.78, 5) is 27.5. The molecule has 0 fully saturated rings. The van der Waals surface area contributed by atoms with Gasteiger partial charge in [-0.3, -0.25) is 9.59 Å². The van der Waals surface area contributed by atoms with Crippen molar-refractivity contribution in [2.45, 2.75) is 65.2 Å². The first kappa shape index (κ1) is 27.1. The van der Waals surface area contributed by atoms with E-state index in [9.17, 15) is 14.0 Å². The van der Waals surface area contributed by atoms with Crippen LogP contribution in [0.25, 0.3) is 16.9 Å². The lowest BCUT2D eigenvalue weighted by atomic mass is 10.1. The Kier molecular flexibility index (Phi) is 10.7. The highest BCUT2D eigenvalue weighted by atomic mass is 19.1. The van der Waals surface area contributed by atoms with Crippen molar-refractivity contribution in [3.8, 4) is 16.9 Å². The number of nitrogens with zero attached hydrogens (tertiary/aromatic N) is 3. The van der Waals surface area contributed by atoms with Crippen molar-refractivity contribution in [2.75, 3.05) is 18.4 Å². The molecule has 0 atom stereocenters. The van der Waals surface area contributed by atoms with Gasteiger partial charge in [-0.05, 0) is 37.1 Å². The number of aromatic nitrogens is 2. The highest BCUT2D eigenvalue weighted by Gasteiger charge is 2.19. The maximum atomic E-state index is 13.5. The van der Waals surface area contributed by atoms with Gasteiger partial charge in [-0.25, -0.2) is 9.07 Å². The summed E-state index contributed by atoms with van der Waals surface area (Å²) in [5, 5.41) is 7.58. The lowest BCUT2D eigenvalue weighted by molar-refractivity contribution is -0.134. The standard InChI is InChI=1S/C29H37FN4O2/c1-3-5-6-7-8-12-15-29(36)33(20-4-2)22-28(35)31-27-21-26(23-13-10-9-11-14-23)32-34(27)25-18-16-24(30)17-19-25/h9-11,13-14,16-19,21H,3-8,12,15,20,22H2,1-2H3,(H,31,35). The summed E-state index contributed by atoms with van der Waals surface area (Å²) in [5.74, 6) is -0.161. The van der Waals surface area contributed by atoms with Crippen molar-refractivity contribution in [1.82, 2.24) is 14.7 Å². The molecule has 0 aliphatic carbocycles. The van der Waals surface area contributed by atoms with Crippen LogP contribution in [0.2, 0.25) is 0 Å². The van der Waals surface area contributed by atoms with Crippen LogP contribution in [-0.4, -0.2) is 39.6 Å². The molecular formula is C29H37FN4O2. The zero-order valence-electron chi connectivity index (χ0n) is 21.4. The number of hydrogen-bond acceptors (Lipinski definition) is 3. The van der Waals surface area contributed by atoms with Crippen molar-refractivity contribution in [2.24, 2.45) is 0 Å². The molecule has 3 rings (SSSR count). The molecule has 0 aliphatic heterocycles. The van der Waals surface area contributed by atoms with Crippen LogP contribution in [0, 0.1) is 5.82 Å². The summed E-state index contributed by atoms with van der Waals surface area (Å²) in [6.07, 6.45) is 7.91. The first-order chi connectivity index (χ1) is 17.5. The summed E-state index contributed by atoms with van der Waals surface area (Å²) < 4.78 is 15.1. The number of anilines is 1. The van der Waals surface area contributed by atoms with Crippen molar-refractivity contribution in [3.63, 3.8) is 0 Å². The monoisotopic (exact) mass is 492 g/mol. The van der Waals surface area contributed by atoms with E-state index < -0.39 is 0 Å². The van der Waals surface area contributed by atoms with Gasteiger partial charge in [0, 0.05) is 24.6 Å². The van der Waals surface area contributed by atoms with E-state index in [4.69, 9.17) is 0 Å². The van der Waals surface area contributed by atoms with E-state index in [0.29, 0.717) is 30.2 Å². The normalized spacial score (nSPS) is 10.9. The van der Waals surface area contributed by atoms with Gasteiger partial charge in [-0.2, -0.15) is 5.10 Å². The SMILES string of the molecule is CCCCCCCCC(=O)N(CCC)CC(=O)Nc1cc(-c2ccccc2)nn1-c1ccc(F)cc1. The van der Waals surface area contributed by atoms with Gasteiger partial charge in [0.1, 0.15) is 11.6 Å². The average Bonchev–Trinajstić information content (AvgIpc) is 3.30. The number of amides is 2. The van der Waals surface area contributed by atoms with Crippen molar-refractivity contribution in [3.05, 3.63) is 66.5 Å². The van der Waals surface area contributed by atoms with Crippen LogP contribution in [0.15, 0.2) is 60.7 Å². The molecule has 36 heavy (non-hydrogen) atoms. The number of nitrogens with one attached hydrogen (secondary N) is 1. The molecule has 1 N–H and O–H groups in total. The first-order valence-electron chi connectivity index (χ1n) is 13.0. The third-order valence-electron chi connectivity index (χ3n) is 6.04. The molecule has 0 unspecified atom stereocenters.